The number of nitrogens with one attached hydrogen (secondary N) is 1. The summed E-state index contributed by atoms with van der Waals surface area (Å²) in [7, 11) is 0. The maximum atomic E-state index is 12.2. The fourth-order valence-corrected chi connectivity index (χ4v) is 3.28. The minimum absolute atomic E-state index is 0.145. The van der Waals surface area contributed by atoms with E-state index in [0.717, 1.165) is 13.1 Å². The summed E-state index contributed by atoms with van der Waals surface area (Å²) >= 11 is 0. The number of aliphatic carboxylic acids is 1. The third kappa shape index (κ3) is 3.21. The van der Waals surface area contributed by atoms with Gasteiger partial charge in [-0.2, -0.15) is 0 Å². The molecule has 6 nitrogen and oxygen atoms in total. The summed E-state index contributed by atoms with van der Waals surface area (Å²) in [6, 6.07) is 0. The van der Waals surface area contributed by atoms with Crippen LogP contribution in [0.15, 0.2) is 0 Å². The fraction of sp³-hybridized carbons (Fsp3) is 0.867. The highest BCUT2D eigenvalue weighted by Gasteiger charge is 2.65. The average Bonchev–Trinajstić information content (AvgIpc) is 3.00. The summed E-state index contributed by atoms with van der Waals surface area (Å²) in [5.41, 5.74) is -0.601. The van der Waals surface area contributed by atoms with Gasteiger partial charge in [0.05, 0.1) is 25.0 Å². The zero-order chi connectivity index (χ0) is 15.8. The summed E-state index contributed by atoms with van der Waals surface area (Å²) in [6.07, 6.45) is 0. The molecule has 6 heteroatoms. The Bertz CT molecular complexity index is 427. The van der Waals surface area contributed by atoms with Crippen molar-refractivity contribution in [3.8, 4) is 0 Å². The van der Waals surface area contributed by atoms with Gasteiger partial charge in [0.15, 0.2) is 0 Å². The summed E-state index contributed by atoms with van der Waals surface area (Å²) in [6.45, 7) is 11.5. The molecule has 0 aromatic rings. The topological polar surface area (TPSA) is 78.9 Å². The van der Waals surface area contributed by atoms with Crippen LogP contribution in [-0.2, 0) is 14.3 Å². The van der Waals surface area contributed by atoms with Crippen molar-refractivity contribution in [3.63, 3.8) is 0 Å². The molecule has 0 unspecified atom stereocenters. The predicted octanol–water partition coefficient (Wildman–Crippen LogP) is 0.570. The van der Waals surface area contributed by atoms with E-state index in [1.807, 2.05) is 13.8 Å². The number of hydrogen-bond donors (Lipinski definition) is 2. The molecule has 120 valence electrons. The van der Waals surface area contributed by atoms with E-state index in [9.17, 15) is 9.59 Å². The van der Waals surface area contributed by atoms with Gasteiger partial charge in [-0.05, 0) is 19.3 Å². The van der Waals surface area contributed by atoms with Crippen molar-refractivity contribution in [1.82, 2.24) is 10.2 Å². The first-order valence-electron chi connectivity index (χ1n) is 7.51. The molecule has 0 spiro atoms. The first-order chi connectivity index (χ1) is 9.68. The van der Waals surface area contributed by atoms with Gasteiger partial charge >= 0.3 is 5.97 Å². The van der Waals surface area contributed by atoms with E-state index in [1.54, 1.807) is 0 Å². The lowest BCUT2D eigenvalue weighted by atomic mass is 10.0. The first kappa shape index (κ1) is 16.2. The van der Waals surface area contributed by atoms with E-state index < -0.39 is 23.2 Å². The maximum absolute atomic E-state index is 12.2. The van der Waals surface area contributed by atoms with Crippen molar-refractivity contribution in [2.75, 3.05) is 32.8 Å². The molecule has 2 aliphatic rings. The second kappa shape index (κ2) is 5.57. The van der Waals surface area contributed by atoms with Crippen LogP contribution in [0, 0.1) is 17.3 Å². The third-order valence-electron chi connectivity index (χ3n) is 4.94. The molecular formula is C15H26N2O4. The normalized spacial score (nSPS) is 29.0. The lowest BCUT2D eigenvalue weighted by Gasteiger charge is -2.40. The molecule has 1 saturated carbocycles. The van der Waals surface area contributed by atoms with E-state index in [1.165, 1.54) is 0 Å². The third-order valence-corrected chi connectivity index (χ3v) is 4.94. The van der Waals surface area contributed by atoms with Gasteiger partial charge in [-0.15, -0.1) is 0 Å². The van der Waals surface area contributed by atoms with Crippen LogP contribution in [0.3, 0.4) is 0 Å². The van der Waals surface area contributed by atoms with Gasteiger partial charge in [-0.25, -0.2) is 0 Å². The van der Waals surface area contributed by atoms with Crippen LogP contribution in [0.1, 0.15) is 27.7 Å². The number of ether oxygens (including phenoxy) is 1. The molecule has 0 bridgehead atoms. The highest BCUT2D eigenvalue weighted by Crippen LogP contribution is 2.58. The fourth-order valence-electron chi connectivity index (χ4n) is 3.28. The van der Waals surface area contributed by atoms with Gasteiger partial charge in [0, 0.05) is 25.2 Å². The number of nitrogens with zero attached hydrogens (tertiary/aromatic N) is 1. The van der Waals surface area contributed by atoms with E-state index in [-0.39, 0.29) is 11.4 Å². The van der Waals surface area contributed by atoms with Crippen molar-refractivity contribution in [3.05, 3.63) is 0 Å². The van der Waals surface area contributed by atoms with E-state index in [0.29, 0.717) is 19.8 Å². The lowest BCUT2D eigenvalue weighted by Crippen LogP contribution is -2.55. The summed E-state index contributed by atoms with van der Waals surface area (Å²) in [4.78, 5) is 25.7. The molecule has 1 saturated heterocycles. The molecule has 1 aliphatic carbocycles. The molecular weight excluding hydrogens is 272 g/mol. The van der Waals surface area contributed by atoms with Crippen molar-refractivity contribution in [1.29, 1.82) is 0 Å². The van der Waals surface area contributed by atoms with Gasteiger partial charge in [-0.3, -0.25) is 14.5 Å². The average molecular weight is 298 g/mol. The molecule has 2 rings (SSSR count). The maximum Gasteiger partial charge on any atom is 0.307 e. The highest BCUT2D eigenvalue weighted by molar-refractivity contribution is 5.91. The molecule has 2 N–H and O–H groups in total. The molecule has 2 fully saturated rings. The Morgan fingerprint density at radius 1 is 1.29 bits per heavy atom. The standard InChI is InChI=1S/C15H26N2O4/c1-14(2,17-5-7-21-8-6-17)9-16-12(18)10-11(13(19)20)15(10,3)4/h10-11H,5-9H2,1-4H3,(H,16,18)(H,19,20)/t10-,11+/m1/s1. The number of carboxylic acids is 1. The number of amides is 1. The zero-order valence-corrected chi connectivity index (χ0v) is 13.3. The predicted molar refractivity (Wildman–Crippen MR) is 77.9 cm³/mol. The Morgan fingerprint density at radius 3 is 2.33 bits per heavy atom. The van der Waals surface area contributed by atoms with E-state index in [4.69, 9.17) is 9.84 Å². The number of hydrogen-bond acceptors (Lipinski definition) is 4. The van der Waals surface area contributed by atoms with E-state index >= 15 is 0 Å². The molecule has 21 heavy (non-hydrogen) atoms. The monoisotopic (exact) mass is 298 g/mol. The van der Waals surface area contributed by atoms with E-state index in [2.05, 4.69) is 24.1 Å². The van der Waals surface area contributed by atoms with Crippen LogP contribution in [0.2, 0.25) is 0 Å². The minimum atomic E-state index is -0.882. The van der Waals surface area contributed by atoms with Gasteiger partial charge in [-0.1, -0.05) is 13.8 Å². The van der Waals surface area contributed by atoms with Crippen LogP contribution in [0.25, 0.3) is 0 Å². The number of morpholine rings is 1. The number of rotatable bonds is 5. The highest BCUT2D eigenvalue weighted by atomic mass is 16.5. The second-order valence-corrected chi connectivity index (χ2v) is 7.24. The molecule has 1 heterocycles. The number of carbonyl (C=O) groups is 2. The number of carboxylic acid groups (broad SMARTS) is 1. The molecule has 1 amide bonds. The Balaban J connectivity index is 1.88. The number of carbonyl (C=O) groups excluding carboxylic acids is 1. The Labute approximate surface area is 125 Å². The van der Waals surface area contributed by atoms with Gasteiger partial charge in [0.1, 0.15) is 0 Å². The van der Waals surface area contributed by atoms with Crippen molar-refractivity contribution >= 4 is 11.9 Å². The summed E-state index contributed by atoms with van der Waals surface area (Å²) in [5, 5.41) is 12.1. The Hall–Kier alpha value is -1.14. The SMILES string of the molecule is CC1(C)[C@H](C(=O)O)[C@@H]1C(=O)NCC(C)(C)N1CCOCC1. The summed E-state index contributed by atoms with van der Waals surface area (Å²) < 4.78 is 5.34. The molecule has 2 atom stereocenters. The van der Waals surface area contributed by atoms with Crippen LogP contribution in [-0.4, -0.2) is 60.3 Å². The van der Waals surface area contributed by atoms with Crippen LogP contribution < -0.4 is 5.32 Å². The Kier molecular flexibility index (Phi) is 4.31. The molecule has 0 aromatic carbocycles. The van der Waals surface area contributed by atoms with Crippen molar-refractivity contribution < 1.29 is 19.4 Å². The van der Waals surface area contributed by atoms with Gasteiger partial charge in [0.25, 0.3) is 0 Å². The van der Waals surface area contributed by atoms with Crippen molar-refractivity contribution in [2.45, 2.75) is 33.2 Å². The Morgan fingerprint density at radius 2 is 1.86 bits per heavy atom. The smallest absolute Gasteiger partial charge is 0.307 e. The first-order valence-corrected chi connectivity index (χ1v) is 7.51. The molecule has 0 radical (unpaired) electrons. The zero-order valence-electron chi connectivity index (χ0n) is 13.3. The second-order valence-electron chi connectivity index (χ2n) is 7.24. The van der Waals surface area contributed by atoms with Crippen LogP contribution in [0.5, 0.6) is 0 Å². The minimum Gasteiger partial charge on any atom is -0.481 e. The van der Waals surface area contributed by atoms with Crippen molar-refractivity contribution in [2.24, 2.45) is 17.3 Å². The molecule has 1 aliphatic heterocycles. The molecule has 0 aromatic heterocycles. The lowest BCUT2D eigenvalue weighted by molar-refractivity contribution is -0.140. The van der Waals surface area contributed by atoms with Gasteiger partial charge < -0.3 is 15.2 Å². The van der Waals surface area contributed by atoms with Crippen LogP contribution in [0.4, 0.5) is 0 Å². The largest absolute Gasteiger partial charge is 0.481 e. The summed E-state index contributed by atoms with van der Waals surface area (Å²) in [5.74, 6) is -2.01. The quantitative estimate of drug-likeness (QED) is 0.776. The van der Waals surface area contributed by atoms with Gasteiger partial charge in [0.2, 0.25) is 5.91 Å². The van der Waals surface area contributed by atoms with Crippen LogP contribution >= 0.6 is 0 Å².